The zero-order chi connectivity index (χ0) is 21.2. The number of anilines is 2. The number of hydrogen-bond donors (Lipinski definition) is 2. The molecule has 5 rings (SSSR count). The van der Waals surface area contributed by atoms with Crippen LogP contribution in [0.2, 0.25) is 0 Å². The largest absolute Gasteiger partial charge is 0.486 e. The highest BCUT2D eigenvalue weighted by Gasteiger charge is 2.33. The molecule has 0 unspecified atom stereocenters. The molecule has 0 bridgehead atoms. The number of ether oxygens (including phenoxy) is 2. The lowest BCUT2D eigenvalue weighted by Crippen LogP contribution is -2.36. The zero-order valence-corrected chi connectivity index (χ0v) is 17.2. The molecule has 9 nitrogen and oxygen atoms in total. The summed E-state index contributed by atoms with van der Waals surface area (Å²) in [6.45, 7) is 0.953. The van der Waals surface area contributed by atoms with Gasteiger partial charge in [0, 0.05) is 17.5 Å². The minimum Gasteiger partial charge on any atom is -0.486 e. The monoisotopic (exact) mass is 437 g/mol. The molecule has 2 N–H and O–H groups in total. The van der Waals surface area contributed by atoms with E-state index in [0.717, 1.165) is 5.56 Å². The highest BCUT2D eigenvalue weighted by molar-refractivity contribution is 7.98. The Hall–Kier alpha value is -3.53. The average Bonchev–Trinajstić information content (AvgIpc) is 3.20. The SMILES string of the molecule is O=C1C[C@H](C(=O)Nc2ccc3c(c2)OCCO3)n2nc(SCc3ccccc3)nc2N1. The Morgan fingerprint density at radius 2 is 1.97 bits per heavy atom. The number of aromatic nitrogens is 3. The summed E-state index contributed by atoms with van der Waals surface area (Å²) in [5, 5.41) is 10.5. The predicted octanol–water partition coefficient (Wildman–Crippen LogP) is 2.86. The maximum atomic E-state index is 13.0. The fraction of sp³-hybridized carbons (Fsp3) is 0.238. The van der Waals surface area contributed by atoms with Crippen molar-refractivity contribution in [3.05, 3.63) is 54.1 Å². The first kappa shape index (κ1) is 19.4. The summed E-state index contributed by atoms with van der Waals surface area (Å²) in [5.74, 6) is 1.55. The van der Waals surface area contributed by atoms with Gasteiger partial charge in [0.15, 0.2) is 11.5 Å². The van der Waals surface area contributed by atoms with Crippen molar-refractivity contribution in [2.24, 2.45) is 0 Å². The quantitative estimate of drug-likeness (QED) is 0.591. The van der Waals surface area contributed by atoms with Gasteiger partial charge in [-0.2, -0.15) is 4.98 Å². The van der Waals surface area contributed by atoms with Crippen LogP contribution in [0.1, 0.15) is 18.0 Å². The predicted molar refractivity (Wildman–Crippen MR) is 114 cm³/mol. The van der Waals surface area contributed by atoms with Gasteiger partial charge >= 0.3 is 0 Å². The van der Waals surface area contributed by atoms with E-state index < -0.39 is 6.04 Å². The number of fused-ring (bicyclic) bond motifs is 2. The van der Waals surface area contributed by atoms with Gasteiger partial charge in [-0.15, -0.1) is 5.10 Å². The summed E-state index contributed by atoms with van der Waals surface area (Å²) < 4.78 is 12.5. The van der Waals surface area contributed by atoms with Crippen molar-refractivity contribution in [2.45, 2.75) is 23.4 Å². The topological polar surface area (TPSA) is 107 Å². The smallest absolute Gasteiger partial charge is 0.249 e. The first-order valence-electron chi connectivity index (χ1n) is 9.79. The first-order chi connectivity index (χ1) is 15.2. The fourth-order valence-electron chi connectivity index (χ4n) is 3.38. The van der Waals surface area contributed by atoms with Crippen molar-refractivity contribution in [2.75, 3.05) is 23.8 Å². The third kappa shape index (κ3) is 4.19. The summed E-state index contributed by atoms with van der Waals surface area (Å²) >= 11 is 1.44. The Labute approximate surface area is 182 Å². The van der Waals surface area contributed by atoms with E-state index in [1.165, 1.54) is 16.4 Å². The third-order valence-electron chi connectivity index (χ3n) is 4.86. The Morgan fingerprint density at radius 3 is 2.81 bits per heavy atom. The van der Waals surface area contributed by atoms with Gasteiger partial charge in [0.2, 0.25) is 22.9 Å². The van der Waals surface area contributed by atoms with E-state index in [9.17, 15) is 9.59 Å². The second-order valence-electron chi connectivity index (χ2n) is 7.05. The molecule has 3 heterocycles. The van der Waals surface area contributed by atoms with Gasteiger partial charge in [0.1, 0.15) is 19.3 Å². The number of benzene rings is 2. The summed E-state index contributed by atoms with van der Waals surface area (Å²) in [6.07, 6.45) is -0.0183. The van der Waals surface area contributed by atoms with Gasteiger partial charge in [0.25, 0.3) is 0 Å². The van der Waals surface area contributed by atoms with Crippen molar-refractivity contribution >= 4 is 35.2 Å². The molecule has 2 aliphatic rings. The fourth-order valence-corrected chi connectivity index (χ4v) is 4.16. The lowest BCUT2D eigenvalue weighted by molar-refractivity contribution is -0.125. The van der Waals surface area contributed by atoms with Gasteiger partial charge in [-0.05, 0) is 17.7 Å². The number of nitrogens with one attached hydrogen (secondary N) is 2. The molecule has 2 aliphatic heterocycles. The molecule has 0 fully saturated rings. The Kier molecular flexibility index (Phi) is 5.21. The third-order valence-corrected chi connectivity index (χ3v) is 5.77. The van der Waals surface area contributed by atoms with Gasteiger partial charge in [-0.3, -0.25) is 14.9 Å². The van der Waals surface area contributed by atoms with Crippen molar-refractivity contribution in [1.29, 1.82) is 0 Å². The van der Waals surface area contributed by atoms with Crippen LogP contribution in [-0.4, -0.2) is 39.8 Å². The molecule has 0 saturated heterocycles. The number of carbonyl (C=O) groups excluding carboxylic acids is 2. The lowest BCUT2D eigenvalue weighted by Gasteiger charge is -2.23. The maximum absolute atomic E-state index is 13.0. The van der Waals surface area contributed by atoms with Crippen LogP contribution in [0.3, 0.4) is 0 Å². The molecule has 2 amide bonds. The van der Waals surface area contributed by atoms with Crippen LogP contribution >= 0.6 is 11.8 Å². The maximum Gasteiger partial charge on any atom is 0.249 e. The molecule has 0 radical (unpaired) electrons. The summed E-state index contributed by atoms with van der Waals surface area (Å²) in [4.78, 5) is 29.5. The highest BCUT2D eigenvalue weighted by Crippen LogP contribution is 2.33. The second kappa shape index (κ2) is 8.31. The van der Waals surface area contributed by atoms with Crippen LogP contribution in [-0.2, 0) is 15.3 Å². The number of rotatable bonds is 5. The molecule has 10 heteroatoms. The van der Waals surface area contributed by atoms with Gasteiger partial charge < -0.3 is 14.8 Å². The number of nitrogens with zero attached hydrogens (tertiary/aromatic N) is 3. The Balaban J connectivity index is 1.32. The molecule has 158 valence electrons. The van der Waals surface area contributed by atoms with Gasteiger partial charge in [-0.25, -0.2) is 4.68 Å². The minimum atomic E-state index is -0.796. The second-order valence-corrected chi connectivity index (χ2v) is 8.00. The van der Waals surface area contributed by atoms with E-state index >= 15 is 0 Å². The molecular weight excluding hydrogens is 418 g/mol. The summed E-state index contributed by atoms with van der Waals surface area (Å²) in [7, 11) is 0. The lowest BCUT2D eigenvalue weighted by atomic mass is 10.1. The van der Waals surface area contributed by atoms with Crippen molar-refractivity contribution in [3.63, 3.8) is 0 Å². The molecule has 3 aromatic rings. The number of amides is 2. The molecule has 1 atom stereocenters. The van der Waals surface area contributed by atoms with Crippen LogP contribution in [0.15, 0.2) is 53.7 Å². The van der Waals surface area contributed by atoms with Crippen molar-refractivity contribution in [3.8, 4) is 11.5 Å². The van der Waals surface area contributed by atoms with E-state index in [2.05, 4.69) is 20.7 Å². The molecule has 2 aromatic carbocycles. The van der Waals surface area contributed by atoms with Crippen LogP contribution in [0.5, 0.6) is 11.5 Å². The zero-order valence-electron chi connectivity index (χ0n) is 16.4. The normalized spacial score (nSPS) is 16.9. The molecule has 0 spiro atoms. The van der Waals surface area contributed by atoms with Gasteiger partial charge in [-0.1, -0.05) is 42.1 Å². The first-order valence-corrected chi connectivity index (χ1v) is 10.8. The van der Waals surface area contributed by atoms with Crippen LogP contribution in [0.4, 0.5) is 11.6 Å². The molecule has 0 saturated carbocycles. The number of carbonyl (C=O) groups is 2. The molecule has 31 heavy (non-hydrogen) atoms. The van der Waals surface area contributed by atoms with Crippen LogP contribution in [0.25, 0.3) is 0 Å². The number of thioether (sulfide) groups is 1. The molecule has 0 aliphatic carbocycles. The van der Waals surface area contributed by atoms with E-state index in [0.29, 0.717) is 41.3 Å². The van der Waals surface area contributed by atoms with Crippen LogP contribution < -0.4 is 20.1 Å². The highest BCUT2D eigenvalue weighted by atomic mass is 32.2. The summed E-state index contributed by atoms with van der Waals surface area (Å²) in [6, 6.07) is 14.3. The number of hydrogen-bond acceptors (Lipinski definition) is 7. The molecular formula is C21H19N5O4S. The Bertz CT molecular complexity index is 1130. The average molecular weight is 437 g/mol. The van der Waals surface area contributed by atoms with E-state index in [-0.39, 0.29) is 24.2 Å². The van der Waals surface area contributed by atoms with Crippen molar-refractivity contribution in [1.82, 2.24) is 14.8 Å². The van der Waals surface area contributed by atoms with Gasteiger partial charge in [0.05, 0.1) is 6.42 Å². The standard InChI is InChI=1S/C21H19N5O4S/c27-18-11-15(19(28)22-14-6-7-16-17(10-14)30-9-8-29-16)26-20(23-18)24-21(25-26)31-12-13-4-2-1-3-5-13/h1-7,10,15H,8-9,11-12H2,(H,22,28)(H,23,24,25,27)/t15-/m1/s1. The van der Waals surface area contributed by atoms with Crippen molar-refractivity contribution < 1.29 is 19.1 Å². The van der Waals surface area contributed by atoms with E-state index in [1.54, 1.807) is 18.2 Å². The van der Waals surface area contributed by atoms with Crippen LogP contribution in [0, 0.1) is 0 Å². The van der Waals surface area contributed by atoms with E-state index in [1.807, 2.05) is 30.3 Å². The molecule has 1 aromatic heterocycles. The Morgan fingerprint density at radius 1 is 1.16 bits per heavy atom. The van der Waals surface area contributed by atoms with E-state index in [4.69, 9.17) is 9.47 Å². The minimum absolute atomic E-state index is 0.0183. The summed E-state index contributed by atoms with van der Waals surface area (Å²) in [5.41, 5.74) is 1.69.